The molecule has 0 spiro atoms. The highest BCUT2D eigenvalue weighted by Gasteiger charge is 2.22. The number of aryl methyl sites for hydroxylation is 2. The molecule has 2 N–H and O–H groups in total. The zero-order chi connectivity index (χ0) is 16.8. The van der Waals surface area contributed by atoms with E-state index in [0.29, 0.717) is 12.5 Å². The van der Waals surface area contributed by atoms with Gasteiger partial charge in [0, 0.05) is 18.4 Å². The maximum atomic E-state index is 5.90. The zero-order valence-corrected chi connectivity index (χ0v) is 14.9. The molecule has 0 radical (unpaired) electrons. The monoisotopic (exact) mass is 340 g/mol. The van der Waals surface area contributed by atoms with E-state index in [4.69, 9.17) is 10.8 Å². The van der Waals surface area contributed by atoms with Gasteiger partial charge in [-0.2, -0.15) is 10.1 Å². The van der Waals surface area contributed by atoms with E-state index in [0.717, 1.165) is 46.0 Å². The Morgan fingerprint density at radius 3 is 2.92 bits per heavy atom. The minimum atomic E-state index is 0.308. The van der Waals surface area contributed by atoms with Gasteiger partial charge >= 0.3 is 0 Å². The van der Waals surface area contributed by atoms with Gasteiger partial charge in [-0.05, 0) is 37.0 Å². The van der Waals surface area contributed by atoms with Crippen molar-refractivity contribution in [2.24, 2.45) is 0 Å². The third-order valence-electron chi connectivity index (χ3n) is 4.65. The molecule has 0 saturated heterocycles. The first kappa shape index (κ1) is 15.4. The molecule has 0 unspecified atom stereocenters. The van der Waals surface area contributed by atoms with E-state index >= 15 is 0 Å². The topological polar surface area (TPSA) is 82.5 Å². The fraction of sp³-hybridized carbons (Fsp3) is 0.412. The molecular formula is C17H20N6S. The first-order chi connectivity index (χ1) is 11.6. The minimum absolute atomic E-state index is 0.308. The molecule has 1 aliphatic rings. The number of hydrogen-bond donors (Lipinski definition) is 1. The molecule has 0 amide bonds. The SMILES string of the molecule is CCc1c(C)cnc(Cn2nc3c4c(nc(N)nc42)SCC3)c1C. The number of aromatic nitrogens is 5. The summed E-state index contributed by atoms with van der Waals surface area (Å²) in [6.07, 6.45) is 3.90. The highest BCUT2D eigenvalue weighted by molar-refractivity contribution is 7.99. The maximum absolute atomic E-state index is 5.90. The quantitative estimate of drug-likeness (QED) is 0.738. The number of anilines is 1. The number of hydrogen-bond acceptors (Lipinski definition) is 6. The standard InChI is InChI=1S/C17H20N6S/c1-4-11-9(2)7-19-13(10(11)3)8-23-15-14-12(22-23)5-6-24-16(14)21-17(18)20-15/h7H,4-6,8H2,1-3H3,(H2,18,20,21). The fourth-order valence-corrected chi connectivity index (χ4v) is 4.43. The molecule has 3 aromatic rings. The second-order valence-corrected chi connectivity index (χ2v) is 7.22. The Kier molecular flexibility index (Phi) is 3.68. The lowest BCUT2D eigenvalue weighted by Crippen LogP contribution is -2.09. The molecule has 0 saturated carbocycles. The third kappa shape index (κ3) is 2.34. The summed E-state index contributed by atoms with van der Waals surface area (Å²) in [6, 6.07) is 0. The van der Waals surface area contributed by atoms with E-state index < -0.39 is 0 Å². The van der Waals surface area contributed by atoms with E-state index in [1.165, 1.54) is 16.7 Å². The van der Waals surface area contributed by atoms with Gasteiger partial charge in [0.15, 0.2) is 5.65 Å². The van der Waals surface area contributed by atoms with Crippen LogP contribution in [-0.4, -0.2) is 30.5 Å². The van der Waals surface area contributed by atoms with Crippen LogP contribution >= 0.6 is 11.8 Å². The number of pyridine rings is 1. The summed E-state index contributed by atoms with van der Waals surface area (Å²) in [7, 11) is 0. The van der Waals surface area contributed by atoms with Crippen molar-refractivity contribution in [1.82, 2.24) is 24.7 Å². The van der Waals surface area contributed by atoms with Crippen molar-refractivity contribution in [3.05, 3.63) is 34.3 Å². The van der Waals surface area contributed by atoms with E-state index in [2.05, 4.69) is 35.7 Å². The molecule has 24 heavy (non-hydrogen) atoms. The Morgan fingerprint density at radius 2 is 2.12 bits per heavy atom. The van der Waals surface area contributed by atoms with Gasteiger partial charge in [0.05, 0.1) is 23.3 Å². The summed E-state index contributed by atoms with van der Waals surface area (Å²) < 4.78 is 1.93. The Morgan fingerprint density at radius 1 is 1.29 bits per heavy atom. The average molecular weight is 340 g/mol. The summed E-state index contributed by atoms with van der Waals surface area (Å²) in [6.45, 7) is 7.05. The van der Waals surface area contributed by atoms with Crippen molar-refractivity contribution in [3.63, 3.8) is 0 Å². The number of thioether (sulfide) groups is 1. The molecule has 4 rings (SSSR count). The molecule has 4 heterocycles. The van der Waals surface area contributed by atoms with Crippen molar-refractivity contribution in [2.75, 3.05) is 11.5 Å². The van der Waals surface area contributed by atoms with Crippen LogP contribution in [0.4, 0.5) is 5.95 Å². The fourth-order valence-electron chi connectivity index (χ4n) is 3.43. The van der Waals surface area contributed by atoms with Crippen LogP contribution in [0.1, 0.15) is 35.0 Å². The van der Waals surface area contributed by atoms with Crippen LogP contribution in [0.25, 0.3) is 11.0 Å². The van der Waals surface area contributed by atoms with Crippen molar-refractivity contribution in [3.8, 4) is 0 Å². The van der Waals surface area contributed by atoms with Gasteiger partial charge in [0.25, 0.3) is 0 Å². The highest BCUT2D eigenvalue weighted by Crippen LogP contribution is 2.34. The van der Waals surface area contributed by atoms with Crippen LogP contribution in [0.2, 0.25) is 0 Å². The van der Waals surface area contributed by atoms with Gasteiger partial charge in [-0.3, -0.25) is 4.98 Å². The number of nitrogens with two attached hydrogens (primary N) is 1. The van der Waals surface area contributed by atoms with Crippen LogP contribution in [0.3, 0.4) is 0 Å². The number of rotatable bonds is 3. The molecule has 6 nitrogen and oxygen atoms in total. The Bertz CT molecular complexity index is 946. The van der Waals surface area contributed by atoms with Crippen molar-refractivity contribution in [1.29, 1.82) is 0 Å². The van der Waals surface area contributed by atoms with Gasteiger partial charge in [-0.1, -0.05) is 6.92 Å². The van der Waals surface area contributed by atoms with Crippen LogP contribution in [0.5, 0.6) is 0 Å². The van der Waals surface area contributed by atoms with E-state index in [1.54, 1.807) is 11.8 Å². The lowest BCUT2D eigenvalue weighted by atomic mass is 10.0. The third-order valence-corrected chi connectivity index (χ3v) is 5.63. The lowest BCUT2D eigenvalue weighted by Gasteiger charge is -2.12. The molecule has 0 fully saturated rings. The van der Waals surface area contributed by atoms with E-state index in [9.17, 15) is 0 Å². The van der Waals surface area contributed by atoms with Gasteiger partial charge in [-0.25, -0.2) is 9.67 Å². The molecule has 124 valence electrons. The lowest BCUT2D eigenvalue weighted by molar-refractivity contribution is 0.671. The Hall–Kier alpha value is -2.15. The smallest absolute Gasteiger partial charge is 0.223 e. The maximum Gasteiger partial charge on any atom is 0.223 e. The zero-order valence-electron chi connectivity index (χ0n) is 14.1. The summed E-state index contributed by atoms with van der Waals surface area (Å²) >= 11 is 1.73. The summed E-state index contributed by atoms with van der Waals surface area (Å²) in [5, 5.41) is 6.79. The molecule has 0 bridgehead atoms. The van der Waals surface area contributed by atoms with Crippen LogP contribution in [0, 0.1) is 13.8 Å². The number of nitrogen functional groups attached to an aromatic ring is 1. The Balaban J connectivity index is 1.85. The molecule has 0 aliphatic carbocycles. The normalized spacial score (nSPS) is 13.6. The van der Waals surface area contributed by atoms with Crippen molar-refractivity contribution in [2.45, 2.75) is 45.2 Å². The molecule has 0 aromatic carbocycles. The van der Waals surface area contributed by atoms with Crippen LogP contribution in [0.15, 0.2) is 11.2 Å². The van der Waals surface area contributed by atoms with Gasteiger partial charge < -0.3 is 5.73 Å². The van der Waals surface area contributed by atoms with Crippen molar-refractivity contribution >= 4 is 28.7 Å². The molecule has 7 heteroatoms. The molecular weight excluding hydrogens is 320 g/mol. The molecule has 1 aliphatic heterocycles. The first-order valence-electron chi connectivity index (χ1n) is 8.18. The highest BCUT2D eigenvalue weighted by atomic mass is 32.2. The van der Waals surface area contributed by atoms with Gasteiger partial charge in [0.2, 0.25) is 5.95 Å². The van der Waals surface area contributed by atoms with E-state index in [-0.39, 0.29) is 0 Å². The summed E-state index contributed by atoms with van der Waals surface area (Å²) in [4.78, 5) is 13.5. The predicted octanol–water partition coefficient (Wildman–Crippen LogP) is 2.68. The van der Waals surface area contributed by atoms with Crippen molar-refractivity contribution < 1.29 is 0 Å². The molecule has 0 atom stereocenters. The summed E-state index contributed by atoms with van der Waals surface area (Å²) in [5.41, 5.74) is 12.7. The van der Waals surface area contributed by atoms with Crippen LogP contribution < -0.4 is 5.73 Å². The van der Waals surface area contributed by atoms with Crippen LogP contribution in [-0.2, 0) is 19.4 Å². The van der Waals surface area contributed by atoms with E-state index in [1.807, 2.05) is 10.9 Å². The second-order valence-electron chi connectivity index (χ2n) is 6.13. The molecule has 3 aromatic heterocycles. The second kappa shape index (κ2) is 5.73. The van der Waals surface area contributed by atoms with Gasteiger partial charge in [0.1, 0.15) is 5.03 Å². The first-order valence-corrected chi connectivity index (χ1v) is 9.16. The average Bonchev–Trinajstić information content (AvgIpc) is 2.90. The summed E-state index contributed by atoms with van der Waals surface area (Å²) in [5.74, 6) is 1.29. The number of nitrogens with zero attached hydrogens (tertiary/aromatic N) is 5. The largest absolute Gasteiger partial charge is 0.368 e. The van der Waals surface area contributed by atoms with Gasteiger partial charge in [-0.15, -0.1) is 11.8 Å². The minimum Gasteiger partial charge on any atom is -0.368 e. The Labute approximate surface area is 144 Å². The predicted molar refractivity (Wildman–Crippen MR) is 96.4 cm³/mol.